The lowest BCUT2D eigenvalue weighted by Crippen LogP contribution is -2.26. The normalized spacial score (nSPS) is 27.4. The van der Waals surface area contributed by atoms with Crippen LogP contribution in [0.4, 0.5) is 0 Å². The second-order valence-electron chi connectivity index (χ2n) is 8.21. The average Bonchev–Trinajstić information content (AvgIpc) is 3.24. The van der Waals surface area contributed by atoms with Crippen molar-refractivity contribution in [2.75, 3.05) is 26.3 Å². The van der Waals surface area contributed by atoms with Crippen LogP contribution in [0.1, 0.15) is 29.8 Å². The molecule has 1 aromatic heterocycles. The van der Waals surface area contributed by atoms with Gasteiger partial charge in [-0.2, -0.15) is 0 Å². The molecule has 2 fully saturated rings. The van der Waals surface area contributed by atoms with Crippen LogP contribution in [0.3, 0.4) is 0 Å². The van der Waals surface area contributed by atoms with Gasteiger partial charge in [0.05, 0.1) is 12.5 Å². The molecule has 0 unspecified atom stereocenters. The van der Waals surface area contributed by atoms with Gasteiger partial charge in [-0.25, -0.2) is 4.98 Å². The minimum absolute atomic E-state index is 0.00698. The Labute approximate surface area is 170 Å². The molecule has 0 spiro atoms. The molecule has 0 amide bonds. The summed E-state index contributed by atoms with van der Waals surface area (Å²) in [4.78, 5) is 18.8. The van der Waals surface area contributed by atoms with Crippen LogP contribution in [0.25, 0.3) is 0 Å². The Morgan fingerprint density at radius 3 is 2.66 bits per heavy atom. The van der Waals surface area contributed by atoms with Gasteiger partial charge in [-0.15, -0.1) is 0 Å². The molecule has 6 heteroatoms. The highest BCUT2D eigenvalue weighted by Crippen LogP contribution is 2.52. The van der Waals surface area contributed by atoms with Gasteiger partial charge < -0.3 is 14.2 Å². The predicted molar refractivity (Wildman–Crippen MR) is 107 cm³/mol. The molecule has 1 aliphatic carbocycles. The highest BCUT2D eigenvalue weighted by Gasteiger charge is 2.60. The predicted octanol–water partition coefficient (Wildman–Crippen LogP) is 3.14. The van der Waals surface area contributed by atoms with E-state index in [2.05, 4.69) is 34.1 Å². The van der Waals surface area contributed by atoms with Gasteiger partial charge in [-0.05, 0) is 48.9 Å². The van der Waals surface area contributed by atoms with Gasteiger partial charge in [0, 0.05) is 25.3 Å². The molecule has 4 atom stereocenters. The van der Waals surface area contributed by atoms with Crippen LogP contribution < -0.4 is 9.47 Å². The first-order valence-corrected chi connectivity index (χ1v) is 10.4. The van der Waals surface area contributed by atoms with E-state index >= 15 is 0 Å². The molecule has 0 radical (unpaired) electrons. The van der Waals surface area contributed by atoms with E-state index in [1.807, 2.05) is 26.0 Å². The summed E-state index contributed by atoms with van der Waals surface area (Å²) < 4.78 is 17.0. The lowest BCUT2D eigenvalue weighted by Gasteiger charge is -2.26. The number of fused-ring (bicyclic) bond motifs is 2. The maximum Gasteiger partial charge on any atom is 0.309 e. The van der Waals surface area contributed by atoms with E-state index in [1.54, 1.807) is 0 Å². The minimum Gasteiger partial charge on any atom is -0.484 e. The number of esters is 1. The Bertz CT molecular complexity index is 902. The maximum atomic E-state index is 11.9. The molecule has 3 heterocycles. The Balaban J connectivity index is 1.17. The number of aryl methyl sites for hydroxylation is 1. The number of hydrogen-bond acceptors (Lipinski definition) is 6. The number of benzene rings is 1. The van der Waals surface area contributed by atoms with Crippen LogP contribution >= 0.6 is 0 Å². The molecule has 0 bridgehead atoms. The number of nitrogens with zero attached hydrogens (tertiary/aromatic N) is 2. The number of ether oxygens (including phenoxy) is 3. The third kappa shape index (κ3) is 3.57. The van der Waals surface area contributed by atoms with E-state index in [0.29, 0.717) is 36.7 Å². The molecule has 1 aromatic carbocycles. The Morgan fingerprint density at radius 2 is 1.93 bits per heavy atom. The number of hydrogen-bond donors (Lipinski definition) is 0. The summed E-state index contributed by atoms with van der Waals surface area (Å²) in [6.45, 7) is 7.65. The van der Waals surface area contributed by atoms with Crippen LogP contribution in [0.5, 0.6) is 11.6 Å². The second-order valence-corrected chi connectivity index (χ2v) is 8.21. The molecule has 0 N–H and O–H groups in total. The molecule has 6 nitrogen and oxygen atoms in total. The number of piperidine rings is 1. The summed E-state index contributed by atoms with van der Waals surface area (Å²) in [5.41, 5.74) is 3.28. The van der Waals surface area contributed by atoms with Crippen LogP contribution in [-0.2, 0) is 16.1 Å². The van der Waals surface area contributed by atoms with Crippen molar-refractivity contribution in [1.29, 1.82) is 0 Å². The van der Waals surface area contributed by atoms with Gasteiger partial charge in [-0.3, -0.25) is 9.69 Å². The van der Waals surface area contributed by atoms with E-state index in [4.69, 9.17) is 14.2 Å². The highest BCUT2D eigenvalue weighted by molar-refractivity contribution is 5.77. The van der Waals surface area contributed by atoms with Gasteiger partial charge in [0.2, 0.25) is 0 Å². The fourth-order valence-electron chi connectivity index (χ4n) is 4.64. The molecular formula is C23H26N2O4. The molecule has 3 aliphatic rings. The third-order valence-corrected chi connectivity index (χ3v) is 6.19. The van der Waals surface area contributed by atoms with E-state index in [9.17, 15) is 4.79 Å². The largest absolute Gasteiger partial charge is 0.484 e. The first-order valence-electron chi connectivity index (χ1n) is 10.4. The summed E-state index contributed by atoms with van der Waals surface area (Å²) in [7, 11) is 0. The number of pyridine rings is 1. The Morgan fingerprint density at radius 1 is 1.17 bits per heavy atom. The van der Waals surface area contributed by atoms with Crippen molar-refractivity contribution < 1.29 is 19.0 Å². The summed E-state index contributed by atoms with van der Waals surface area (Å²) in [5, 5.41) is 0. The fourth-order valence-corrected chi connectivity index (χ4v) is 4.64. The number of carbonyl (C=O) groups is 1. The SMILES string of the molecule is CCOC(=O)[C@H]1[C@@H]2CN(Cc3ccc([C@H]4COc5ccc(C)nc5O4)cc3)C[C@@H]21. The van der Waals surface area contributed by atoms with Gasteiger partial charge in [-0.1, -0.05) is 24.3 Å². The first-order chi connectivity index (χ1) is 14.1. The Kier molecular flexibility index (Phi) is 4.66. The summed E-state index contributed by atoms with van der Waals surface area (Å²) in [5.74, 6) is 2.37. The lowest BCUT2D eigenvalue weighted by atomic mass is 10.1. The van der Waals surface area contributed by atoms with Gasteiger partial charge in [0.15, 0.2) is 11.9 Å². The standard InChI is InChI=1S/C23H26N2O4/c1-3-27-23(26)21-17-11-25(12-18(17)21)10-15-5-7-16(8-6-15)20-13-28-19-9-4-14(2)24-22(19)29-20/h4-9,17-18,20-21H,3,10-13H2,1-2H3/t17-,18+,20-,21+/m1/s1. The van der Waals surface area contributed by atoms with Crippen LogP contribution in [0.2, 0.25) is 0 Å². The third-order valence-electron chi connectivity index (χ3n) is 6.19. The van der Waals surface area contributed by atoms with Crippen molar-refractivity contribution in [1.82, 2.24) is 9.88 Å². The van der Waals surface area contributed by atoms with E-state index in [0.717, 1.165) is 30.9 Å². The smallest absolute Gasteiger partial charge is 0.309 e. The second kappa shape index (κ2) is 7.34. The molecule has 152 valence electrons. The van der Waals surface area contributed by atoms with E-state index < -0.39 is 0 Å². The quantitative estimate of drug-likeness (QED) is 0.726. The zero-order valence-electron chi connectivity index (χ0n) is 16.8. The van der Waals surface area contributed by atoms with Crippen LogP contribution in [0, 0.1) is 24.7 Å². The van der Waals surface area contributed by atoms with E-state index in [1.165, 1.54) is 5.56 Å². The molecule has 1 saturated carbocycles. The minimum atomic E-state index is -0.143. The fraction of sp³-hybridized carbons (Fsp3) is 0.478. The van der Waals surface area contributed by atoms with E-state index in [-0.39, 0.29) is 18.0 Å². The first kappa shape index (κ1) is 18.4. The molecule has 5 rings (SSSR count). The van der Waals surface area contributed by atoms with Crippen molar-refractivity contribution in [3.63, 3.8) is 0 Å². The zero-order valence-corrected chi connectivity index (χ0v) is 16.8. The van der Waals surface area contributed by atoms with Crippen LogP contribution in [-0.4, -0.2) is 42.2 Å². The van der Waals surface area contributed by atoms with Crippen molar-refractivity contribution in [2.45, 2.75) is 26.5 Å². The monoisotopic (exact) mass is 394 g/mol. The van der Waals surface area contributed by atoms with Crippen molar-refractivity contribution >= 4 is 5.97 Å². The maximum absolute atomic E-state index is 11.9. The number of carbonyl (C=O) groups excluding carboxylic acids is 1. The van der Waals surface area contributed by atoms with Crippen molar-refractivity contribution in [3.05, 3.63) is 53.2 Å². The Hall–Kier alpha value is -2.60. The molecule has 29 heavy (non-hydrogen) atoms. The van der Waals surface area contributed by atoms with Crippen LogP contribution in [0.15, 0.2) is 36.4 Å². The zero-order chi connectivity index (χ0) is 20.0. The van der Waals surface area contributed by atoms with Crippen molar-refractivity contribution in [3.8, 4) is 11.6 Å². The summed E-state index contributed by atoms with van der Waals surface area (Å²) >= 11 is 0. The summed E-state index contributed by atoms with van der Waals surface area (Å²) in [6.07, 6.45) is -0.143. The number of rotatable bonds is 5. The van der Waals surface area contributed by atoms with Gasteiger partial charge in [0.25, 0.3) is 5.88 Å². The van der Waals surface area contributed by atoms with Gasteiger partial charge in [0.1, 0.15) is 6.61 Å². The van der Waals surface area contributed by atoms with Crippen molar-refractivity contribution in [2.24, 2.45) is 17.8 Å². The highest BCUT2D eigenvalue weighted by atomic mass is 16.6. The molecular weight excluding hydrogens is 368 g/mol. The molecule has 1 saturated heterocycles. The molecule has 2 aliphatic heterocycles. The lowest BCUT2D eigenvalue weighted by molar-refractivity contribution is -0.145. The molecule has 2 aromatic rings. The average molecular weight is 394 g/mol. The topological polar surface area (TPSA) is 60.9 Å². The summed E-state index contributed by atoms with van der Waals surface area (Å²) in [6, 6.07) is 12.4. The number of likely N-dealkylation sites (tertiary alicyclic amines) is 1. The van der Waals surface area contributed by atoms with Gasteiger partial charge >= 0.3 is 5.97 Å². The number of aromatic nitrogens is 1.